The maximum Gasteiger partial charge on any atom is 0.0597 e. The second kappa shape index (κ2) is 6.66. The van der Waals surface area contributed by atoms with E-state index in [0.717, 1.165) is 25.5 Å². The Kier molecular flexibility index (Phi) is 5.86. The van der Waals surface area contributed by atoms with E-state index >= 15 is 0 Å². The molecule has 1 aliphatic heterocycles. The van der Waals surface area contributed by atoms with Gasteiger partial charge in [0.15, 0.2) is 0 Å². The molecule has 1 heterocycles. The van der Waals surface area contributed by atoms with Gasteiger partial charge in [0.1, 0.15) is 0 Å². The average Bonchev–Trinajstić information content (AvgIpc) is 2.25. The minimum atomic E-state index is -0.0869. The van der Waals surface area contributed by atoms with Crippen molar-refractivity contribution in [1.82, 2.24) is 0 Å². The Morgan fingerprint density at radius 2 is 2.20 bits per heavy atom. The summed E-state index contributed by atoms with van der Waals surface area (Å²) in [6.07, 6.45) is 6.32. The molecular weight excluding hydrogens is 202 g/mol. The SMILES string of the molecule is CC(C)C[SiH2]C1(CCCN)CCCCO1. The van der Waals surface area contributed by atoms with E-state index in [1.54, 1.807) is 0 Å². The van der Waals surface area contributed by atoms with E-state index in [9.17, 15) is 0 Å². The zero-order valence-corrected chi connectivity index (χ0v) is 11.8. The third-order valence-electron chi connectivity index (χ3n) is 3.45. The van der Waals surface area contributed by atoms with E-state index in [2.05, 4.69) is 13.8 Å². The van der Waals surface area contributed by atoms with Gasteiger partial charge in [-0.05, 0) is 44.6 Å². The van der Waals surface area contributed by atoms with Gasteiger partial charge in [-0.1, -0.05) is 19.9 Å². The fraction of sp³-hybridized carbons (Fsp3) is 1.00. The Hall–Kier alpha value is 0.137. The van der Waals surface area contributed by atoms with Gasteiger partial charge in [0.25, 0.3) is 0 Å². The summed E-state index contributed by atoms with van der Waals surface area (Å²) < 4.78 is 6.12. The molecule has 0 radical (unpaired) electrons. The molecule has 1 unspecified atom stereocenters. The number of ether oxygens (including phenoxy) is 1. The van der Waals surface area contributed by atoms with Crippen molar-refractivity contribution < 1.29 is 4.74 Å². The van der Waals surface area contributed by atoms with Crippen LogP contribution in [0.25, 0.3) is 0 Å². The van der Waals surface area contributed by atoms with Crippen molar-refractivity contribution in [2.75, 3.05) is 13.2 Å². The summed E-state index contributed by atoms with van der Waals surface area (Å²) >= 11 is 0. The first kappa shape index (κ1) is 13.2. The molecular formula is C12H27NOSi. The lowest BCUT2D eigenvalue weighted by Gasteiger charge is -2.38. The number of nitrogens with two attached hydrogens (primary N) is 1. The molecule has 90 valence electrons. The molecule has 3 heteroatoms. The molecule has 1 atom stereocenters. The molecule has 0 aromatic rings. The first-order valence-corrected chi connectivity index (χ1v) is 8.23. The molecule has 0 aromatic heterocycles. The van der Waals surface area contributed by atoms with E-state index in [-0.39, 0.29) is 9.52 Å². The summed E-state index contributed by atoms with van der Waals surface area (Å²) in [5.74, 6) is 0.844. The molecule has 2 nitrogen and oxygen atoms in total. The van der Waals surface area contributed by atoms with Crippen LogP contribution in [0.3, 0.4) is 0 Å². The van der Waals surface area contributed by atoms with Crippen LogP contribution >= 0.6 is 0 Å². The van der Waals surface area contributed by atoms with Crippen molar-refractivity contribution >= 4 is 9.52 Å². The maximum absolute atomic E-state index is 6.12. The van der Waals surface area contributed by atoms with Gasteiger partial charge in [-0.3, -0.25) is 0 Å². The van der Waals surface area contributed by atoms with Gasteiger partial charge >= 0.3 is 0 Å². The Balaban J connectivity index is 2.42. The lowest BCUT2D eigenvalue weighted by Crippen LogP contribution is -2.43. The molecule has 1 saturated heterocycles. The molecule has 0 amide bonds. The van der Waals surface area contributed by atoms with E-state index in [1.165, 1.54) is 31.7 Å². The molecule has 0 aromatic carbocycles. The third-order valence-corrected chi connectivity index (χ3v) is 6.71. The van der Waals surface area contributed by atoms with E-state index in [4.69, 9.17) is 10.5 Å². The van der Waals surface area contributed by atoms with Crippen molar-refractivity contribution in [3.8, 4) is 0 Å². The van der Waals surface area contributed by atoms with Crippen LogP contribution in [0.2, 0.25) is 6.04 Å². The summed E-state index contributed by atoms with van der Waals surface area (Å²) in [4.78, 5) is 0. The van der Waals surface area contributed by atoms with Crippen molar-refractivity contribution in [3.05, 3.63) is 0 Å². The fourth-order valence-corrected chi connectivity index (χ4v) is 4.80. The average molecular weight is 229 g/mol. The van der Waals surface area contributed by atoms with Crippen LogP contribution in [0.5, 0.6) is 0 Å². The predicted molar refractivity (Wildman–Crippen MR) is 69.0 cm³/mol. The predicted octanol–water partition coefficient (Wildman–Crippen LogP) is 1.87. The smallest absolute Gasteiger partial charge is 0.0597 e. The largest absolute Gasteiger partial charge is 0.379 e. The van der Waals surface area contributed by atoms with Gasteiger partial charge in [0, 0.05) is 6.61 Å². The van der Waals surface area contributed by atoms with E-state index in [0.29, 0.717) is 5.22 Å². The normalized spacial score (nSPS) is 28.0. The van der Waals surface area contributed by atoms with Crippen LogP contribution in [0.15, 0.2) is 0 Å². The van der Waals surface area contributed by atoms with Gasteiger partial charge in [0.2, 0.25) is 0 Å². The third kappa shape index (κ3) is 4.66. The van der Waals surface area contributed by atoms with E-state index in [1.807, 2.05) is 0 Å². The number of rotatable bonds is 6. The van der Waals surface area contributed by atoms with Crippen molar-refractivity contribution in [2.24, 2.45) is 11.7 Å². The number of hydrogen-bond acceptors (Lipinski definition) is 2. The van der Waals surface area contributed by atoms with Crippen LogP contribution < -0.4 is 5.73 Å². The van der Waals surface area contributed by atoms with Gasteiger partial charge in [0.05, 0.1) is 14.7 Å². The van der Waals surface area contributed by atoms with Crippen LogP contribution in [-0.2, 0) is 4.74 Å². The molecule has 0 bridgehead atoms. The zero-order valence-electron chi connectivity index (χ0n) is 10.4. The monoisotopic (exact) mass is 229 g/mol. The second-order valence-corrected chi connectivity index (χ2v) is 7.68. The summed E-state index contributed by atoms with van der Waals surface area (Å²) in [6.45, 7) is 6.47. The summed E-state index contributed by atoms with van der Waals surface area (Å²) in [5.41, 5.74) is 5.62. The Morgan fingerprint density at radius 3 is 2.73 bits per heavy atom. The zero-order chi connectivity index (χ0) is 11.1. The Morgan fingerprint density at radius 1 is 1.40 bits per heavy atom. The lowest BCUT2D eigenvalue weighted by molar-refractivity contribution is -0.0264. The van der Waals surface area contributed by atoms with Gasteiger partial charge in [-0.2, -0.15) is 0 Å². The molecule has 1 fully saturated rings. The highest BCUT2D eigenvalue weighted by atomic mass is 28.2. The summed E-state index contributed by atoms with van der Waals surface area (Å²) in [5, 5.41) is 0.321. The minimum Gasteiger partial charge on any atom is -0.379 e. The highest BCUT2D eigenvalue weighted by Gasteiger charge is 2.32. The summed E-state index contributed by atoms with van der Waals surface area (Å²) in [7, 11) is -0.0869. The van der Waals surface area contributed by atoms with Crippen LogP contribution in [-0.4, -0.2) is 27.9 Å². The van der Waals surface area contributed by atoms with Crippen molar-refractivity contribution in [1.29, 1.82) is 0 Å². The Labute approximate surface area is 96.8 Å². The number of hydrogen-bond donors (Lipinski definition) is 1. The van der Waals surface area contributed by atoms with Crippen LogP contribution in [0, 0.1) is 5.92 Å². The minimum absolute atomic E-state index is 0.0869. The van der Waals surface area contributed by atoms with Gasteiger partial charge < -0.3 is 10.5 Å². The van der Waals surface area contributed by atoms with Crippen LogP contribution in [0.1, 0.15) is 46.0 Å². The maximum atomic E-state index is 6.12. The van der Waals surface area contributed by atoms with Crippen molar-refractivity contribution in [3.63, 3.8) is 0 Å². The molecule has 1 rings (SSSR count). The lowest BCUT2D eigenvalue weighted by atomic mass is 10.0. The highest BCUT2D eigenvalue weighted by Crippen LogP contribution is 2.30. The van der Waals surface area contributed by atoms with Crippen molar-refractivity contribution in [2.45, 2.75) is 57.2 Å². The molecule has 0 saturated carbocycles. The van der Waals surface area contributed by atoms with Gasteiger partial charge in [-0.25, -0.2) is 0 Å². The first-order chi connectivity index (χ1) is 7.18. The quantitative estimate of drug-likeness (QED) is 0.706. The molecule has 15 heavy (non-hydrogen) atoms. The van der Waals surface area contributed by atoms with E-state index < -0.39 is 0 Å². The highest BCUT2D eigenvalue weighted by molar-refractivity contribution is 6.39. The first-order valence-electron chi connectivity index (χ1n) is 6.52. The molecule has 2 N–H and O–H groups in total. The van der Waals surface area contributed by atoms with Crippen LogP contribution in [0.4, 0.5) is 0 Å². The Bertz CT molecular complexity index is 167. The molecule has 0 aliphatic carbocycles. The standard InChI is InChI=1S/C12H27NOSi/c1-11(2)10-15-12(7-5-8-13)6-3-4-9-14-12/h11H,3-10,13,15H2,1-2H3. The van der Waals surface area contributed by atoms with Gasteiger partial charge in [-0.15, -0.1) is 0 Å². The molecule has 0 spiro atoms. The second-order valence-electron chi connectivity index (χ2n) is 5.31. The molecule has 1 aliphatic rings. The fourth-order valence-electron chi connectivity index (χ4n) is 2.41. The summed E-state index contributed by atoms with van der Waals surface area (Å²) in [6, 6.07) is 1.42. The topological polar surface area (TPSA) is 35.2 Å².